The maximum atomic E-state index is 12.5. The second kappa shape index (κ2) is 5.55. The third-order valence-corrected chi connectivity index (χ3v) is 5.03. The molecule has 0 aromatic carbocycles. The highest BCUT2D eigenvalue weighted by Crippen LogP contribution is 2.39. The summed E-state index contributed by atoms with van der Waals surface area (Å²) >= 11 is 5.15. The van der Waals surface area contributed by atoms with Crippen LogP contribution in [0, 0.1) is 11.3 Å². The van der Waals surface area contributed by atoms with Gasteiger partial charge in [-0.05, 0) is 31.6 Å². The van der Waals surface area contributed by atoms with Crippen LogP contribution in [0.4, 0.5) is 0 Å². The standard InChI is InChI=1S/C14H24N2OS/c1-10-5-4-6-11(9-10)16-13(17)14(12(15)18)7-2-3-8-14/h10-11H,2-9H2,1H3,(H2,15,18)(H,16,17). The Morgan fingerprint density at radius 3 is 2.50 bits per heavy atom. The molecule has 1 amide bonds. The highest BCUT2D eigenvalue weighted by molar-refractivity contribution is 7.80. The first kappa shape index (κ1) is 13.8. The van der Waals surface area contributed by atoms with Gasteiger partial charge in [-0.2, -0.15) is 0 Å². The fourth-order valence-electron chi connectivity index (χ4n) is 3.45. The lowest BCUT2D eigenvalue weighted by Gasteiger charge is -2.32. The molecule has 4 heteroatoms. The van der Waals surface area contributed by atoms with Gasteiger partial charge >= 0.3 is 0 Å². The largest absolute Gasteiger partial charge is 0.392 e. The Morgan fingerprint density at radius 2 is 1.94 bits per heavy atom. The molecule has 0 aromatic heterocycles. The number of nitrogens with one attached hydrogen (secondary N) is 1. The molecule has 3 N–H and O–H groups in total. The smallest absolute Gasteiger partial charge is 0.233 e. The molecule has 0 heterocycles. The number of carbonyl (C=O) groups excluding carboxylic acids is 1. The summed E-state index contributed by atoms with van der Waals surface area (Å²) in [5.41, 5.74) is 5.29. The number of rotatable bonds is 3. The van der Waals surface area contributed by atoms with Crippen LogP contribution in [0.2, 0.25) is 0 Å². The number of carbonyl (C=O) groups is 1. The van der Waals surface area contributed by atoms with Crippen LogP contribution in [-0.2, 0) is 4.79 Å². The summed E-state index contributed by atoms with van der Waals surface area (Å²) in [6, 6.07) is 0.327. The minimum absolute atomic E-state index is 0.0894. The van der Waals surface area contributed by atoms with Crippen LogP contribution in [0.3, 0.4) is 0 Å². The second-order valence-corrected chi connectivity index (χ2v) is 6.54. The molecule has 18 heavy (non-hydrogen) atoms. The van der Waals surface area contributed by atoms with Gasteiger partial charge in [-0.15, -0.1) is 0 Å². The van der Waals surface area contributed by atoms with Crippen molar-refractivity contribution in [3.05, 3.63) is 0 Å². The molecule has 0 aromatic rings. The summed E-state index contributed by atoms with van der Waals surface area (Å²) in [5.74, 6) is 0.806. The zero-order valence-corrected chi connectivity index (χ0v) is 12.0. The molecule has 102 valence electrons. The average Bonchev–Trinajstić information content (AvgIpc) is 2.79. The number of amides is 1. The van der Waals surface area contributed by atoms with Crippen molar-refractivity contribution in [1.29, 1.82) is 0 Å². The van der Waals surface area contributed by atoms with Crippen molar-refractivity contribution in [2.75, 3.05) is 0 Å². The Balaban J connectivity index is 1.99. The molecule has 2 atom stereocenters. The Labute approximate surface area is 115 Å². The van der Waals surface area contributed by atoms with E-state index in [9.17, 15) is 4.79 Å². The first-order valence-electron chi connectivity index (χ1n) is 7.15. The molecule has 0 radical (unpaired) electrons. The molecule has 3 nitrogen and oxygen atoms in total. The summed E-state index contributed by atoms with van der Waals surface area (Å²) < 4.78 is 0. The van der Waals surface area contributed by atoms with Crippen LogP contribution >= 0.6 is 12.2 Å². The maximum Gasteiger partial charge on any atom is 0.233 e. The summed E-state index contributed by atoms with van der Waals surface area (Å²) in [4.78, 5) is 12.9. The summed E-state index contributed by atoms with van der Waals surface area (Å²) in [5, 5.41) is 3.21. The van der Waals surface area contributed by atoms with Crippen LogP contribution in [0.25, 0.3) is 0 Å². The van der Waals surface area contributed by atoms with Gasteiger partial charge in [-0.25, -0.2) is 0 Å². The molecule has 2 aliphatic carbocycles. The van der Waals surface area contributed by atoms with Gasteiger partial charge in [-0.3, -0.25) is 4.79 Å². The zero-order chi connectivity index (χ0) is 13.2. The Morgan fingerprint density at radius 1 is 1.28 bits per heavy atom. The van der Waals surface area contributed by atoms with E-state index >= 15 is 0 Å². The number of thiocarbonyl (C=S) groups is 1. The third-order valence-electron chi connectivity index (χ3n) is 4.64. The van der Waals surface area contributed by atoms with Crippen LogP contribution in [0.5, 0.6) is 0 Å². The van der Waals surface area contributed by atoms with Gasteiger partial charge in [0.25, 0.3) is 0 Å². The normalized spacial score (nSPS) is 30.9. The SMILES string of the molecule is CC1CCCC(NC(=O)C2(C(N)=S)CCCC2)C1. The Bertz CT molecular complexity index is 337. The topological polar surface area (TPSA) is 55.1 Å². The molecule has 2 rings (SSSR count). The lowest BCUT2D eigenvalue weighted by molar-refractivity contribution is -0.128. The highest BCUT2D eigenvalue weighted by Gasteiger charge is 2.44. The predicted molar refractivity (Wildman–Crippen MR) is 77.2 cm³/mol. The summed E-state index contributed by atoms with van der Waals surface area (Å²) in [6.07, 6.45) is 8.48. The van der Waals surface area contributed by atoms with Crippen molar-refractivity contribution in [2.45, 2.75) is 64.3 Å². The number of hydrogen-bond acceptors (Lipinski definition) is 2. The maximum absolute atomic E-state index is 12.5. The number of nitrogens with two attached hydrogens (primary N) is 1. The fraction of sp³-hybridized carbons (Fsp3) is 0.857. The van der Waals surface area contributed by atoms with E-state index in [2.05, 4.69) is 12.2 Å². The first-order chi connectivity index (χ1) is 8.54. The van der Waals surface area contributed by atoms with Crippen molar-refractivity contribution in [3.8, 4) is 0 Å². The zero-order valence-electron chi connectivity index (χ0n) is 11.2. The molecule has 0 bridgehead atoms. The molecule has 2 saturated carbocycles. The van der Waals surface area contributed by atoms with Crippen molar-refractivity contribution in [3.63, 3.8) is 0 Å². The van der Waals surface area contributed by atoms with E-state index in [1.165, 1.54) is 12.8 Å². The van der Waals surface area contributed by atoms with Crippen molar-refractivity contribution in [2.24, 2.45) is 17.1 Å². The third kappa shape index (κ3) is 2.68. The monoisotopic (exact) mass is 268 g/mol. The van der Waals surface area contributed by atoms with Gasteiger partial charge in [0.1, 0.15) is 0 Å². The van der Waals surface area contributed by atoms with E-state index in [0.717, 1.165) is 38.5 Å². The van der Waals surface area contributed by atoms with E-state index in [-0.39, 0.29) is 5.91 Å². The van der Waals surface area contributed by atoms with Gasteiger partial charge in [0, 0.05) is 6.04 Å². The lowest BCUT2D eigenvalue weighted by Crippen LogP contribution is -2.51. The van der Waals surface area contributed by atoms with Crippen LogP contribution in [0.15, 0.2) is 0 Å². The van der Waals surface area contributed by atoms with Gasteiger partial charge in [0.05, 0.1) is 10.4 Å². The van der Waals surface area contributed by atoms with Crippen LogP contribution in [0.1, 0.15) is 58.3 Å². The lowest BCUT2D eigenvalue weighted by atomic mass is 9.82. The first-order valence-corrected chi connectivity index (χ1v) is 7.56. The predicted octanol–water partition coefficient (Wildman–Crippen LogP) is 2.53. The van der Waals surface area contributed by atoms with E-state index in [1.54, 1.807) is 0 Å². The second-order valence-electron chi connectivity index (χ2n) is 6.10. The highest BCUT2D eigenvalue weighted by atomic mass is 32.1. The van der Waals surface area contributed by atoms with E-state index in [4.69, 9.17) is 18.0 Å². The van der Waals surface area contributed by atoms with E-state index in [1.807, 2.05) is 0 Å². The molecule has 0 saturated heterocycles. The van der Waals surface area contributed by atoms with Crippen molar-refractivity contribution in [1.82, 2.24) is 5.32 Å². The van der Waals surface area contributed by atoms with E-state index in [0.29, 0.717) is 16.9 Å². The van der Waals surface area contributed by atoms with Crippen molar-refractivity contribution < 1.29 is 4.79 Å². The van der Waals surface area contributed by atoms with Gasteiger partial charge in [0.2, 0.25) is 5.91 Å². The van der Waals surface area contributed by atoms with E-state index < -0.39 is 5.41 Å². The quantitative estimate of drug-likeness (QED) is 0.773. The minimum Gasteiger partial charge on any atom is -0.392 e. The van der Waals surface area contributed by atoms with Crippen molar-refractivity contribution >= 4 is 23.1 Å². The molecule has 2 fully saturated rings. The average molecular weight is 268 g/mol. The Kier molecular flexibility index (Phi) is 4.25. The molecular weight excluding hydrogens is 244 g/mol. The molecule has 2 aliphatic rings. The van der Waals surface area contributed by atoms with Crippen LogP contribution in [-0.4, -0.2) is 16.9 Å². The summed E-state index contributed by atoms with van der Waals surface area (Å²) in [7, 11) is 0. The van der Waals surface area contributed by atoms with Crippen LogP contribution < -0.4 is 11.1 Å². The summed E-state index contributed by atoms with van der Waals surface area (Å²) in [6.45, 7) is 2.26. The van der Waals surface area contributed by atoms with Gasteiger partial charge in [0.15, 0.2) is 0 Å². The molecule has 0 aliphatic heterocycles. The minimum atomic E-state index is -0.546. The fourth-order valence-corrected chi connectivity index (χ4v) is 3.75. The molecule has 2 unspecified atom stereocenters. The molecular formula is C14H24N2OS. The number of hydrogen-bond donors (Lipinski definition) is 2. The Hall–Kier alpha value is -0.640. The molecule has 0 spiro atoms. The van der Waals surface area contributed by atoms with Gasteiger partial charge < -0.3 is 11.1 Å². The van der Waals surface area contributed by atoms with Gasteiger partial charge in [-0.1, -0.05) is 44.8 Å².